The lowest BCUT2D eigenvalue weighted by Gasteiger charge is -2.13. The average molecular weight is 285 g/mol. The highest BCUT2D eigenvalue weighted by molar-refractivity contribution is 5.96. The fraction of sp³-hybridized carbons (Fsp3) is 0.455. The normalized spacial score (nSPS) is 11.9. The van der Waals surface area contributed by atoms with E-state index in [2.05, 4.69) is 5.32 Å². The minimum Gasteiger partial charge on any atom is -0.480 e. The maximum Gasteiger partial charge on any atom is 0.326 e. The summed E-state index contributed by atoms with van der Waals surface area (Å²) in [7, 11) is 0. The Balaban J connectivity index is 2.96. The molecule has 0 unspecified atom stereocenters. The second-order valence-corrected chi connectivity index (χ2v) is 4.00. The number of amides is 1. The van der Waals surface area contributed by atoms with Crippen LogP contribution in [0, 0.1) is 10.1 Å². The zero-order chi connectivity index (χ0) is 15.3. The summed E-state index contributed by atoms with van der Waals surface area (Å²) in [5.41, 5.74) is -0.241. The van der Waals surface area contributed by atoms with E-state index in [1.165, 1.54) is 10.8 Å². The van der Waals surface area contributed by atoms with Crippen LogP contribution in [0.4, 0.5) is 5.69 Å². The van der Waals surface area contributed by atoms with Crippen molar-refractivity contribution in [3.63, 3.8) is 0 Å². The quantitative estimate of drug-likeness (QED) is 0.476. The summed E-state index contributed by atoms with van der Waals surface area (Å²) in [4.78, 5) is 32.9. The standard InChI is InChI=1S/C11H15N3O6/c1-2-13-6-7(14(19)20)5-9(13)10(16)12-8(3-4-15)11(17)18/h5-6,8,15H,2-4H2,1H3,(H,12,16)(H,17,18)/t8-/m1/s1. The van der Waals surface area contributed by atoms with Gasteiger partial charge in [-0.3, -0.25) is 14.9 Å². The predicted molar refractivity (Wildman–Crippen MR) is 67.4 cm³/mol. The van der Waals surface area contributed by atoms with Crippen LogP contribution < -0.4 is 5.32 Å². The molecule has 1 heterocycles. The number of carboxylic acids is 1. The zero-order valence-electron chi connectivity index (χ0n) is 10.8. The Kier molecular flexibility index (Phi) is 5.21. The van der Waals surface area contributed by atoms with Crippen LogP contribution in [-0.4, -0.2) is 44.2 Å². The molecule has 9 nitrogen and oxygen atoms in total. The molecule has 1 amide bonds. The Morgan fingerprint density at radius 3 is 2.65 bits per heavy atom. The molecule has 20 heavy (non-hydrogen) atoms. The SMILES string of the molecule is CCn1cc([N+](=O)[O-])cc1C(=O)N[C@H](CCO)C(=O)O. The first kappa shape index (κ1) is 15.6. The summed E-state index contributed by atoms with van der Waals surface area (Å²) in [6, 6.07) is -0.164. The number of aliphatic hydroxyl groups is 1. The first-order chi connectivity index (χ1) is 9.40. The van der Waals surface area contributed by atoms with Crippen molar-refractivity contribution < 1.29 is 24.7 Å². The largest absolute Gasteiger partial charge is 0.480 e. The minimum atomic E-state index is -1.28. The Morgan fingerprint density at radius 1 is 1.55 bits per heavy atom. The number of aliphatic carboxylic acids is 1. The first-order valence-corrected chi connectivity index (χ1v) is 5.89. The molecular weight excluding hydrogens is 270 g/mol. The highest BCUT2D eigenvalue weighted by atomic mass is 16.6. The van der Waals surface area contributed by atoms with E-state index < -0.39 is 29.4 Å². The van der Waals surface area contributed by atoms with Crippen LogP contribution >= 0.6 is 0 Å². The van der Waals surface area contributed by atoms with Gasteiger partial charge < -0.3 is 20.1 Å². The van der Waals surface area contributed by atoms with Crippen molar-refractivity contribution in [3.8, 4) is 0 Å². The van der Waals surface area contributed by atoms with Gasteiger partial charge in [0, 0.05) is 25.6 Å². The molecule has 0 aliphatic rings. The van der Waals surface area contributed by atoms with Gasteiger partial charge in [-0.15, -0.1) is 0 Å². The molecule has 3 N–H and O–H groups in total. The van der Waals surface area contributed by atoms with Gasteiger partial charge in [-0.25, -0.2) is 4.79 Å². The van der Waals surface area contributed by atoms with Crippen LogP contribution in [0.1, 0.15) is 23.8 Å². The van der Waals surface area contributed by atoms with E-state index in [1.54, 1.807) is 6.92 Å². The number of nitrogens with one attached hydrogen (secondary N) is 1. The van der Waals surface area contributed by atoms with Crippen molar-refractivity contribution >= 4 is 17.6 Å². The molecule has 9 heteroatoms. The Labute approximate surface area is 114 Å². The predicted octanol–water partition coefficient (Wildman–Crippen LogP) is -0.0184. The molecule has 1 aromatic rings. The van der Waals surface area contributed by atoms with Crippen molar-refractivity contribution in [2.24, 2.45) is 0 Å². The molecule has 1 atom stereocenters. The van der Waals surface area contributed by atoms with Gasteiger partial charge in [0.2, 0.25) is 0 Å². The molecule has 0 aliphatic heterocycles. The average Bonchev–Trinajstić information content (AvgIpc) is 2.82. The van der Waals surface area contributed by atoms with Gasteiger partial charge in [0.25, 0.3) is 11.6 Å². The molecule has 0 aromatic carbocycles. The summed E-state index contributed by atoms with van der Waals surface area (Å²) in [6.45, 7) is 1.63. The Hall–Kier alpha value is -2.42. The van der Waals surface area contributed by atoms with Crippen molar-refractivity contribution in [1.82, 2.24) is 9.88 Å². The molecule has 0 radical (unpaired) electrons. The second kappa shape index (κ2) is 6.66. The van der Waals surface area contributed by atoms with E-state index in [9.17, 15) is 19.7 Å². The van der Waals surface area contributed by atoms with Crippen molar-refractivity contribution in [3.05, 3.63) is 28.1 Å². The topological polar surface area (TPSA) is 135 Å². The highest BCUT2D eigenvalue weighted by Gasteiger charge is 2.24. The van der Waals surface area contributed by atoms with Crippen LogP contribution in [0.2, 0.25) is 0 Å². The van der Waals surface area contributed by atoms with E-state index in [0.717, 1.165) is 6.07 Å². The lowest BCUT2D eigenvalue weighted by Crippen LogP contribution is -2.42. The molecule has 1 aromatic heterocycles. The van der Waals surface area contributed by atoms with Gasteiger partial charge in [-0.1, -0.05) is 0 Å². The van der Waals surface area contributed by atoms with E-state index in [1.807, 2.05) is 0 Å². The first-order valence-electron chi connectivity index (χ1n) is 5.89. The number of aliphatic hydroxyl groups excluding tert-OH is 1. The van der Waals surface area contributed by atoms with Gasteiger partial charge in [0.05, 0.1) is 11.1 Å². The van der Waals surface area contributed by atoms with Crippen LogP contribution in [0.25, 0.3) is 0 Å². The fourth-order valence-corrected chi connectivity index (χ4v) is 1.67. The highest BCUT2D eigenvalue weighted by Crippen LogP contribution is 2.16. The van der Waals surface area contributed by atoms with Crippen LogP contribution in [0.15, 0.2) is 12.3 Å². The number of hydrogen-bond donors (Lipinski definition) is 3. The maximum absolute atomic E-state index is 12.0. The number of carboxylic acid groups (broad SMARTS) is 1. The Bertz CT molecular complexity index is 524. The van der Waals surface area contributed by atoms with Gasteiger partial charge in [0.15, 0.2) is 0 Å². The molecule has 1 rings (SSSR count). The molecule has 0 bridgehead atoms. The summed E-state index contributed by atoms with van der Waals surface area (Å²) in [5.74, 6) is -2.02. The number of carbonyl (C=O) groups is 2. The molecule has 0 aliphatic carbocycles. The zero-order valence-corrected chi connectivity index (χ0v) is 10.8. The van der Waals surface area contributed by atoms with Gasteiger partial charge in [0.1, 0.15) is 11.7 Å². The van der Waals surface area contributed by atoms with Crippen molar-refractivity contribution in [1.29, 1.82) is 0 Å². The number of hydrogen-bond acceptors (Lipinski definition) is 5. The monoisotopic (exact) mass is 285 g/mol. The fourth-order valence-electron chi connectivity index (χ4n) is 1.67. The molecule has 110 valence electrons. The third-order valence-corrected chi connectivity index (χ3v) is 2.69. The van der Waals surface area contributed by atoms with Crippen LogP contribution in [0.3, 0.4) is 0 Å². The third-order valence-electron chi connectivity index (χ3n) is 2.69. The van der Waals surface area contributed by atoms with Gasteiger partial charge in [-0.05, 0) is 6.92 Å². The number of aryl methyl sites for hydroxylation is 1. The number of aromatic nitrogens is 1. The maximum atomic E-state index is 12.0. The van der Waals surface area contributed by atoms with E-state index in [4.69, 9.17) is 10.2 Å². The third kappa shape index (κ3) is 3.54. The van der Waals surface area contributed by atoms with E-state index in [0.29, 0.717) is 6.54 Å². The van der Waals surface area contributed by atoms with Crippen molar-refractivity contribution in [2.75, 3.05) is 6.61 Å². The lowest BCUT2D eigenvalue weighted by molar-refractivity contribution is -0.384. The smallest absolute Gasteiger partial charge is 0.326 e. The van der Waals surface area contributed by atoms with E-state index in [-0.39, 0.29) is 17.8 Å². The van der Waals surface area contributed by atoms with Crippen LogP contribution in [0.5, 0.6) is 0 Å². The summed E-state index contributed by atoms with van der Waals surface area (Å²) < 4.78 is 1.35. The number of nitrogens with zero attached hydrogens (tertiary/aromatic N) is 2. The van der Waals surface area contributed by atoms with Crippen LogP contribution in [-0.2, 0) is 11.3 Å². The Morgan fingerprint density at radius 2 is 2.20 bits per heavy atom. The minimum absolute atomic E-state index is 0.00314. The van der Waals surface area contributed by atoms with Crippen molar-refractivity contribution in [2.45, 2.75) is 25.9 Å². The molecule has 0 saturated carbocycles. The van der Waals surface area contributed by atoms with Gasteiger partial charge >= 0.3 is 5.97 Å². The summed E-state index contributed by atoms with van der Waals surface area (Å²) >= 11 is 0. The molecule has 0 spiro atoms. The summed E-state index contributed by atoms with van der Waals surface area (Å²) in [5, 5.41) is 30.5. The number of carbonyl (C=O) groups excluding carboxylic acids is 1. The van der Waals surface area contributed by atoms with E-state index >= 15 is 0 Å². The second-order valence-electron chi connectivity index (χ2n) is 4.00. The number of nitro groups is 1. The summed E-state index contributed by atoms with van der Waals surface area (Å²) in [6.07, 6.45) is 1.06. The number of rotatable bonds is 7. The molecular formula is C11H15N3O6. The van der Waals surface area contributed by atoms with Gasteiger partial charge in [-0.2, -0.15) is 0 Å². The molecule has 0 fully saturated rings. The lowest BCUT2D eigenvalue weighted by atomic mass is 10.2. The molecule has 0 saturated heterocycles.